The lowest BCUT2D eigenvalue weighted by molar-refractivity contribution is -0.870. The molecular formula is C58H103NO7P+. The molecule has 0 saturated heterocycles. The van der Waals surface area contributed by atoms with Crippen molar-refractivity contribution in [3.05, 3.63) is 97.2 Å². The van der Waals surface area contributed by atoms with Crippen molar-refractivity contribution in [1.82, 2.24) is 0 Å². The fourth-order valence-corrected chi connectivity index (χ4v) is 7.76. The summed E-state index contributed by atoms with van der Waals surface area (Å²) in [6, 6.07) is 0. The number of likely N-dealkylation sites (N-methyl/N-ethyl adjacent to an activating group) is 1. The Morgan fingerprint density at radius 2 is 0.866 bits per heavy atom. The fourth-order valence-electron chi connectivity index (χ4n) is 7.02. The number of nitrogens with zero attached hydrogens (tertiary/aromatic N) is 1. The van der Waals surface area contributed by atoms with E-state index in [2.05, 4.69) is 98.9 Å². The minimum absolute atomic E-state index is 0.0704. The Morgan fingerprint density at radius 1 is 0.478 bits per heavy atom. The van der Waals surface area contributed by atoms with E-state index in [0.717, 1.165) is 57.8 Å². The standard InChI is InChI=1S/C58H102NO7P/c1-6-8-10-12-14-16-18-20-22-24-26-27-28-29-30-31-32-34-36-38-40-42-44-46-48-50-53-63-55-57(56-65-67(61,62)64-54-52-59(3,4)5)66-58(60)51-49-47-45-43-41-39-37-35-33-25-23-21-19-17-15-13-11-9-7-2/h9,11,15,17-18,20-21,23-24,26,33,35,39,41,45,47,57H,6-8,10,12-14,16,19,22,25,27-32,34,36-38,40,42-44,46,48-56H2,1-5H3/p+1/b11-9-,17-15-,20-18-,23-21-,26-24-,35-33-,41-39-,47-45-. The minimum Gasteiger partial charge on any atom is -0.457 e. The van der Waals surface area contributed by atoms with E-state index in [4.69, 9.17) is 18.5 Å². The van der Waals surface area contributed by atoms with E-state index in [9.17, 15) is 14.3 Å². The van der Waals surface area contributed by atoms with Crippen LogP contribution < -0.4 is 0 Å². The van der Waals surface area contributed by atoms with Gasteiger partial charge in [-0.15, -0.1) is 0 Å². The number of hydrogen-bond donors (Lipinski definition) is 1. The third-order valence-electron chi connectivity index (χ3n) is 11.1. The number of carbonyl (C=O) groups is 1. The highest BCUT2D eigenvalue weighted by Gasteiger charge is 2.26. The van der Waals surface area contributed by atoms with Crippen LogP contribution in [-0.2, 0) is 27.9 Å². The number of phosphoric acid groups is 1. The van der Waals surface area contributed by atoms with Gasteiger partial charge in [0.2, 0.25) is 0 Å². The van der Waals surface area contributed by atoms with E-state index in [1.807, 2.05) is 33.3 Å². The maximum absolute atomic E-state index is 12.7. The Morgan fingerprint density at radius 3 is 1.30 bits per heavy atom. The molecule has 0 fully saturated rings. The molecule has 0 amide bonds. The first-order chi connectivity index (χ1) is 32.6. The average Bonchev–Trinajstić information content (AvgIpc) is 3.29. The molecule has 0 heterocycles. The molecule has 0 aromatic heterocycles. The van der Waals surface area contributed by atoms with Crippen LogP contribution in [0.25, 0.3) is 0 Å². The Labute approximate surface area is 413 Å². The molecule has 67 heavy (non-hydrogen) atoms. The first kappa shape index (κ1) is 64.4. The molecule has 0 aromatic carbocycles. The molecule has 0 aromatic rings. The lowest BCUT2D eigenvalue weighted by atomic mass is 10.0. The molecule has 2 atom stereocenters. The first-order valence-corrected chi connectivity index (χ1v) is 28.5. The van der Waals surface area contributed by atoms with E-state index in [0.29, 0.717) is 24.1 Å². The summed E-state index contributed by atoms with van der Waals surface area (Å²) < 4.78 is 35.1. The van der Waals surface area contributed by atoms with Gasteiger partial charge in [0, 0.05) is 13.0 Å². The van der Waals surface area contributed by atoms with E-state index in [1.165, 1.54) is 122 Å². The van der Waals surface area contributed by atoms with Gasteiger partial charge in [-0.2, -0.15) is 0 Å². The Balaban J connectivity index is 4.19. The molecule has 1 N–H and O–H groups in total. The molecular weight excluding hydrogens is 854 g/mol. The highest BCUT2D eigenvalue weighted by molar-refractivity contribution is 7.47. The van der Waals surface area contributed by atoms with Gasteiger partial charge >= 0.3 is 13.8 Å². The Bertz CT molecular complexity index is 1390. The molecule has 0 radical (unpaired) electrons. The lowest BCUT2D eigenvalue weighted by Gasteiger charge is -2.24. The molecule has 0 bridgehead atoms. The fraction of sp³-hybridized carbons (Fsp3) is 0.707. The summed E-state index contributed by atoms with van der Waals surface area (Å²) in [5, 5.41) is 0. The number of phosphoric ester groups is 1. The molecule has 2 unspecified atom stereocenters. The van der Waals surface area contributed by atoms with E-state index >= 15 is 0 Å². The molecule has 386 valence electrons. The van der Waals surface area contributed by atoms with Crippen molar-refractivity contribution in [3.63, 3.8) is 0 Å². The smallest absolute Gasteiger partial charge is 0.457 e. The molecule has 8 nitrogen and oxygen atoms in total. The molecule has 0 saturated carbocycles. The predicted octanol–water partition coefficient (Wildman–Crippen LogP) is 16.9. The molecule has 0 spiro atoms. The second kappa shape index (κ2) is 49.8. The largest absolute Gasteiger partial charge is 0.472 e. The Hall–Kier alpha value is -2.58. The second-order valence-electron chi connectivity index (χ2n) is 18.9. The van der Waals surface area contributed by atoms with E-state index < -0.39 is 19.9 Å². The third-order valence-corrected chi connectivity index (χ3v) is 12.1. The van der Waals surface area contributed by atoms with Gasteiger partial charge in [0.25, 0.3) is 0 Å². The van der Waals surface area contributed by atoms with Gasteiger partial charge in [0.05, 0.1) is 34.4 Å². The van der Waals surface area contributed by atoms with Crippen molar-refractivity contribution < 1.29 is 37.3 Å². The van der Waals surface area contributed by atoms with Gasteiger partial charge in [-0.1, -0.05) is 214 Å². The molecule has 0 aliphatic rings. The maximum Gasteiger partial charge on any atom is 0.472 e. The average molecular weight is 957 g/mol. The zero-order chi connectivity index (χ0) is 49.0. The van der Waals surface area contributed by atoms with Crippen LogP contribution in [0.4, 0.5) is 0 Å². The summed E-state index contributed by atoms with van der Waals surface area (Å²) >= 11 is 0. The van der Waals surface area contributed by atoms with Gasteiger partial charge in [-0.3, -0.25) is 13.8 Å². The van der Waals surface area contributed by atoms with Crippen LogP contribution in [0.3, 0.4) is 0 Å². The van der Waals surface area contributed by atoms with Crippen molar-refractivity contribution in [2.45, 2.75) is 213 Å². The van der Waals surface area contributed by atoms with Crippen molar-refractivity contribution in [1.29, 1.82) is 0 Å². The van der Waals surface area contributed by atoms with Gasteiger partial charge in [-0.25, -0.2) is 4.57 Å². The lowest BCUT2D eigenvalue weighted by Crippen LogP contribution is -2.37. The number of carbonyl (C=O) groups excluding carboxylic acids is 1. The zero-order valence-electron chi connectivity index (χ0n) is 43.9. The highest BCUT2D eigenvalue weighted by Crippen LogP contribution is 2.43. The number of quaternary nitrogens is 1. The van der Waals surface area contributed by atoms with Crippen LogP contribution in [0, 0.1) is 0 Å². The van der Waals surface area contributed by atoms with E-state index in [1.54, 1.807) is 0 Å². The molecule has 0 aliphatic heterocycles. The van der Waals surface area contributed by atoms with Crippen LogP contribution >= 0.6 is 7.82 Å². The first-order valence-electron chi connectivity index (χ1n) is 27.0. The van der Waals surface area contributed by atoms with Crippen molar-refractivity contribution in [2.75, 3.05) is 54.1 Å². The summed E-state index contributed by atoms with van der Waals surface area (Å²) in [4.78, 5) is 23.0. The van der Waals surface area contributed by atoms with Crippen LogP contribution in [0.5, 0.6) is 0 Å². The normalized spacial score (nSPS) is 14.3. The molecule has 0 rings (SSSR count). The predicted molar refractivity (Wildman–Crippen MR) is 288 cm³/mol. The van der Waals surface area contributed by atoms with Crippen molar-refractivity contribution >= 4 is 13.8 Å². The monoisotopic (exact) mass is 957 g/mol. The summed E-state index contributed by atoms with van der Waals surface area (Å²) in [7, 11) is 1.61. The number of allylic oxidation sites excluding steroid dienone is 16. The highest BCUT2D eigenvalue weighted by atomic mass is 31.2. The summed E-state index contributed by atoms with van der Waals surface area (Å²) in [5.41, 5.74) is 0. The summed E-state index contributed by atoms with van der Waals surface area (Å²) in [5.74, 6) is -0.396. The Kier molecular flexibility index (Phi) is 47.9. The second-order valence-corrected chi connectivity index (χ2v) is 20.3. The van der Waals surface area contributed by atoms with E-state index in [-0.39, 0.29) is 26.2 Å². The molecule has 0 aliphatic carbocycles. The van der Waals surface area contributed by atoms with Crippen LogP contribution in [-0.4, -0.2) is 75.6 Å². The maximum atomic E-state index is 12.7. The SMILES string of the molecule is CC/C=C\C/C=C\C/C=C\C/C=C\C/C=C\C/C=C\CCC(=O)OC(COCCCCCCCCCCCCCCCC/C=C\C/C=C\CCCCCCC)COP(=O)(O)OCC[N+](C)(C)C. The van der Waals surface area contributed by atoms with Gasteiger partial charge in [0.15, 0.2) is 0 Å². The van der Waals surface area contributed by atoms with Crippen LogP contribution in [0.2, 0.25) is 0 Å². The molecule has 9 heteroatoms. The quantitative estimate of drug-likeness (QED) is 0.0213. The zero-order valence-corrected chi connectivity index (χ0v) is 44.7. The van der Waals surface area contributed by atoms with Crippen molar-refractivity contribution in [3.8, 4) is 0 Å². The topological polar surface area (TPSA) is 91.3 Å². The number of hydrogen-bond acceptors (Lipinski definition) is 6. The van der Waals surface area contributed by atoms with Gasteiger partial charge < -0.3 is 18.9 Å². The third kappa shape index (κ3) is 54.2. The number of esters is 1. The summed E-state index contributed by atoms with van der Waals surface area (Å²) in [6.07, 6.45) is 69.1. The van der Waals surface area contributed by atoms with Gasteiger partial charge in [-0.05, 0) is 83.5 Å². The summed E-state index contributed by atoms with van der Waals surface area (Å²) in [6.45, 7) is 5.39. The number of ether oxygens (including phenoxy) is 2. The van der Waals surface area contributed by atoms with Crippen LogP contribution in [0.1, 0.15) is 206 Å². The number of rotatable bonds is 49. The van der Waals surface area contributed by atoms with Crippen LogP contribution in [0.15, 0.2) is 97.2 Å². The number of unbranched alkanes of at least 4 members (excludes halogenated alkanes) is 19. The minimum atomic E-state index is -4.31. The van der Waals surface area contributed by atoms with Crippen molar-refractivity contribution in [2.24, 2.45) is 0 Å². The van der Waals surface area contributed by atoms with Gasteiger partial charge in [0.1, 0.15) is 19.3 Å².